The highest BCUT2D eigenvalue weighted by molar-refractivity contribution is 7.93. The van der Waals surface area contributed by atoms with Gasteiger partial charge < -0.3 is 10.8 Å². The fourth-order valence-electron chi connectivity index (χ4n) is 2.17. The lowest BCUT2D eigenvalue weighted by molar-refractivity contribution is 0.475. The van der Waals surface area contributed by atoms with E-state index in [2.05, 4.69) is 20.0 Å². The molecule has 0 unspecified atom stereocenters. The lowest BCUT2D eigenvalue weighted by atomic mass is 10.3. The molecular formula is C16H16ClN7O5S2. The van der Waals surface area contributed by atoms with Crippen LogP contribution in [0.5, 0.6) is 5.75 Å². The first-order valence-corrected chi connectivity index (χ1v) is 11.8. The fourth-order valence-corrected chi connectivity index (χ4v) is 4.32. The molecule has 12 nitrogen and oxygen atoms in total. The average Bonchev–Trinajstić information content (AvgIpc) is 2.62. The Balaban J connectivity index is 2.34. The van der Waals surface area contributed by atoms with E-state index in [1.165, 1.54) is 24.3 Å². The van der Waals surface area contributed by atoms with Gasteiger partial charge in [-0.25, -0.2) is 16.8 Å². The Labute approximate surface area is 183 Å². The van der Waals surface area contributed by atoms with Gasteiger partial charge in [0.2, 0.25) is 15.7 Å². The zero-order valence-electron chi connectivity index (χ0n) is 15.7. The number of amidine groups is 1. The summed E-state index contributed by atoms with van der Waals surface area (Å²) < 4.78 is 52.5. The zero-order chi connectivity index (χ0) is 23.4. The van der Waals surface area contributed by atoms with Crippen LogP contribution in [-0.4, -0.2) is 39.7 Å². The van der Waals surface area contributed by atoms with Crippen molar-refractivity contribution in [2.24, 2.45) is 10.8 Å². The van der Waals surface area contributed by atoms with Crippen molar-refractivity contribution in [3.63, 3.8) is 0 Å². The van der Waals surface area contributed by atoms with Gasteiger partial charge in [0.15, 0.2) is 5.84 Å². The van der Waals surface area contributed by atoms with Crippen LogP contribution in [0.15, 0.2) is 46.4 Å². The van der Waals surface area contributed by atoms with Crippen LogP contribution in [0.25, 0.3) is 0 Å². The first kappa shape index (κ1) is 23.7. The van der Waals surface area contributed by atoms with Crippen LogP contribution in [0.4, 0.5) is 17.1 Å². The van der Waals surface area contributed by atoms with Crippen molar-refractivity contribution in [2.45, 2.75) is 4.90 Å². The smallest absolute Gasteiger partial charge is 0.263 e. The molecule has 0 radical (unpaired) electrons. The standard InChI is InChI=1S/C16H16ClN7O5S2/c1-30(26,27)23-9-3-2-4-10(5-9)24-31(28,29)15-7-14(25)12(6-11(15)17)21-22-13(8-18)16(19)20/h2-7,21,23-25H,1H3,(H3,19,20)/b22-13+. The summed E-state index contributed by atoms with van der Waals surface area (Å²) in [4.78, 5) is -0.477. The van der Waals surface area contributed by atoms with Crippen molar-refractivity contribution in [3.8, 4) is 11.8 Å². The number of sulfonamides is 2. The minimum absolute atomic E-state index is 0.0381. The predicted octanol–water partition coefficient (Wildman–Crippen LogP) is 1.45. The number of nitrogens with one attached hydrogen (secondary N) is 4. The van der Waals surface area contributed by atoms with E-state index in [1.54, 1.807) is 6.07 Å². The van der Waals surface area contributed by atoms with Crippen molar-refractivity contribution in [2.75, 3.05) is 21.1 Å². The Morgan fingerprint density at radius 1 is 1.19 bits per heavy atom. The minimum atomic E-state index is -4.28. The van der Waals surface area contributed by atoms with Crippen molar-refractivity contribution < 1.29 is 21.9 Å². The summed E-state index contributed by atoms with van der Waals surface area (Å²) in [6.07, 6.45) is 0.946. The molecule has 0 aliphatic carbocycles. The highest BCUT2D eigenvalue weighted by atomic mass is 35.5. The van der Waals surface area contributed by atoms with Gasteiger partial charge in [-0.15, -0.1) is 0 Å². The van der Waals surface area contributed by atoms with E-state index < -0.39 is 42.2 Å². The molecule has 0 aliphatic heterocycles. The summed E-state index contributed by atoms with van der Waals surface area (Å²) in [7, 11) is -7.85. The maximum absolute atomic E-state index is 12.7. The van der Waals surface area contributed by atoms with Gasteiger partial charge in [-0.2, -0.15) is 10.4 Å². The van der Waals surface area contributed by atoms with Gasteiger partial charge in [-0.05, 0) is 24.3 Å². The normalized spacial score (nSPS) is 12.0. The Kier molecular flexibility index (Phi) is 6.95. The molecule has 0 bridgehead atoms. The Morgan fingerprint density at radius 2 is 1.81 bits per heavy atom. The quantitative estimate of drug-likeness (QED) is 0.139. The highest BCUT2D eigenvalue weighted by Gasteiger charge is 2.21. The number of hydrazone groups is 1. The van der Waals surface area contributed by atoms with E-state index in [0.717, 1.165) is 18.4 Å². The number of rotatable bonds is 8. The number of hydrogen-bond acceptors (Lipinski definition) is 9. The van der Waals surface area contributed by atoms with Gasteiger partial charge in [-0.1, -0.05) is 17.7 Å². The SMILES string of the molecule is CS(=O)(=O)Nc1cccc(NS(=O)(=O)c2cc(O)c(N/N=C(\C#N)C(=N)N)cc2Cl)c1. The number of halogens is 1. The largest absolute Gasteiger partial charge is 0.506 e. The van der Waals surface area contributed by atoms with E-state index in [-0.39, 0.29) is 22.1 Å². The number of nitrogens with two attached hydrogens (primary N) is 1. The molecule has 2 aromatic carbocycles. The molecule has 0 fully saturated rings. The van der Waals surface area contributed by atoms with Crippen LogP contribution in [-0.2, 0) is 20.0 Å². The van der Waals surface area contributed by atoms with Crippen LogP contribution in [0.2, 0.25) is 5.02 Å². The number of anilines is 3. The first-order chi connectivity index (χ1) is 14.3. The molecule has 2 rings (SSSR count). The molecular weight excluding hydrogens is 470 g/mol. The molecule has 7 N–H and O–H groups in total. The molecule has 0 heterocycles. The van der Waals surface area contributed by atoms with Crippen molar-refractivity contribution >= 4 is 60.3 Å². The molecule has 0 saturated carbocycles. The second-order valence-corrected chi connectivity index (χ2v) is 9.76. The molecule has 0 atom stereocenters. The summed E-state index contributed by atoms with van der Waals surface area (Å²) in [6, 6.07) is 8.95. The van der Waals surface area contributed by atoms with E-state index in [9.17, 15) is 21.9 Å². The lowest BCUT2D eigenvalue weighted by Crippen LogP contribution is -2.21. The summed E-state index contributed by atoms with van der Waals surface area (Å²) in [6.45, 7) is 0. The number of aromatic hydroxyl groups is 1. The Hall–Kier alpha value is -3.54. The maximum atomic E-state index is 12.7. The summed E-state index contributed by atoms with van der Waals surface area (Å²) in [5.41, 5.74) is 7.00. The van der Waals surface area contributed by atoms with Gasteiger partial charge in [0, 0.05) is 6.07 Å². The molecule has 2 aromatic rings. The van der Waals surface area contributed by atoms with Crippen molar-refractivity contribution in [1.82, 2.24) is 0 Å². The minimum Gasteiger partial charge on any atom is -0.506 e. The molecule has 0 saturated heterocycles. The van der Waals surface area contributed by atoms with Gasteiger partial charge in [0.1, 0.15) is 16.7 Å². The Bertz CT molecular complexity index is 1320. The van der Waals surface area contributed by atoms with Gasteiger partial charge in [0.05, 0.1) is 28.3 Å². The molecule has 0 aromatic heterocycles. The number of phenolic OH excluding ortho intramolecular Hbond substituents is 1. The van der Waals surface area contributed by atoms with Crippen molar-refractivity contribution in [1.29, 1.82) is 10.7 Å². The van der Waals surface area contributed by atoms with Crippen LogP contribution >= 0.6 is 11.6 Å². The molecule has 0 spiro atoms. The summed E-state index contributed by atoms with van der Waals surface area (Å²) in [5.74, 6) is -1.18. The zero-order valence-corrected chi connectivity index (χ0v) is 18.1. The second-order valence-electron chi connectivity index (χ2n) is 5.96. The molecule has 0 amide bonds. The first-order valence-electron chi connectivity index (χ1n) is 8.04. The number of nitrogens with zero attached hydrogens (tertiary/aromatic N) is 2. The van der Waals surface area contributed by atoms with E-state index in [1.807, 2.05) is 0 Å². The van der Waals surface area contributed by atoms with Gasteiger partial charge in [-0.3, -0.25) is 20.3 Å². The number of hydrogen-bond donors (Lipinski definition) is 6. The third-order valence-corrected chi connectivity index (χ3v) is 5.86. The number of phenols is 1. The highest BCUT2D eigenvalue weighted by Crippen LogP contribution is 2.34. The van der Waals surface area contributed by atoms with Crippen LogP contribution in [0, 0.1) is 16.7 Å². The number of benzene rings is 2. The average molecular weight is 486 g/mol. The number of nitriles is 1. The van der Waals surface area contributed by atoms with Crippen LogP contribution in [0.3, 0.4) is 0 Å². The maximum Gasteiger partial charge on any atom is 0.263 e. The van der Waals surface area contributed by atoms with E-state index in [0.29, 0.717) is 0 Å². The third kappa shape index (κ3) is 6.47. The van der Waals surface area contributed by atoms with Gasteiger partial charge in [0.25, 0.3) is 10.0 Å². The fraction of sp³-hybridized carbons (Fsp3) is 0.0625. The third-order valence-electron chi connectivity index (χ3n) is 3.41. The van der Waals surface area contributed by atoms with E-state index >= 15 is 0 Å². The molecule has 15 heteroatoms. The van der Waals surface area contributed by atoms with E-state index in [4.69, 9.17) is 28.0 Å². The lowest BCUT2D eigenvalue weighted by Gasteiger charge is -2.13. The van der Waals surface area contributed by atoms with Crippen molar-refractivity contribution in [3.05, 3.63) is 41.4 Å². The van der Waals surface area contributed by atoms with Crippen LogP contribution in [0.1, 0.15) is 0 Å². The summed E-state index contributed by atoms with van der Waals surface area (Å²) in [5, 5.41) is 29.3. The predicted molar refractivity (Wildman–Crippen MR) is 117 cm³/mol. The Morgan fingerprint density at radius 3 is 2.35 bits per heavy atom. The monoisotopic (exact) mass is 485 g/mol. The summed E-state index contributed by atoms with van der Waals surface area (Å²) >= 11 is 6.04. The molecule has 31 heavy (non-hydrogen) atoms. The second kappa shape index (κ2) is 9.08. The van der Waals surface area contributed by atoms with Gasteiger partial charge >= 0.3 is 0 Å². The molecule has 164 valence electrons. The topological polar surface area (TPSA) is 211 Å². The molecule has 0 aliphatic rings. The van der Waals surface area contributed by atoms with Crippen LogP contribution < -0.4 is 20.6 Å².